The van der Waals surface area contributed by atoms with E-state index in [1.165, 1.54) is 6.08 Å². The third-order valence-electron chi connectivity index (χ3n) is 6.31. The number of amides is 2. The highest BCUT2D eigenvalue weighted by Gasteiger charge is 2.36. The molecule has 39 heavy (non-hydrogen) atoms. The molecule has 0 radical (unpaired) electrons. The van der Waals surface area contributed by atoms with Crippen molar-refractivity contribution in [2.24, 2.45) is 5.92 Å². The molecule has 0 aliphatic carbocycles. The zero-order valence-corrected chi connectivity index (χ0v) is 22.6. The predicted molar refractivity (Wildman–Crippen MR) is 148 cm³/mol. The summed E-state index contributed by atoms with van der Waals surface area (Å²) < 4.78 is 24.9. The Bertz CT molecular complexity index is 937. The van der Waals surface area contributed by atoms with Gasteiger partial charge in [-0.05, 0) is 57.0 Å². The van der Waals surface area contributed by atoms with E-state index in [0.29, 0.717) is 43.7 Å². The maximum Gasteiger partial charge on any atom is 0.323 e. The molecule has 1 unspecified atom stereocenters. The summed E-state index contributed by atoms with van der Waals surface area (Å²) in [6, 6.07) is -0.378. The number of allylic oxidation sites excluding steroid dienone is 6. The molecule has 2 aliphatic rings. The van der Waals surface area contributed by atoms with Crippen LogP contribution in [0.3, 0.4) is 0 Å². The third kappa shape index (κ3) is 11.9. The second-order valence-electron chi connectivity index (χ2n) is 9.77. The lowest BCUT2D eigenvalue weighted by atomic mass is 9.94. The van der Waals surface area contributed by atoms with Crippen molar-refractivity contribution in [3.8, 4) is 0 Å². The topological polar surface area (TPSA) is 144 Å². The number of ether oxygens (including phenoxy) is 2. The summed E-state index contributed by atoms with van der Waals surface area (Å²) in [5.41, 5.74) is 1.12. The van der Waals surface area contributed by atoms with Gasteiger partial charge in [0.05, 0.1) is 25.0 Å². The average molecular weight is 551 g/mol. The number of hydrogen-bond donors (Lipinski definition) is 7. The normalized spacial score (nSPS) is 24.9. The van der Waals surface area contributed by atoms with E-state index in [-0.39, 0.29) is 36.4 Å². The molecule has 2 rings (SSSR count). The van der Waals surface area contributed by atoms with Gasteiger partial charge < -0.3 is 46.1 Å². The number of halogens is 1. The number of aliphatic hydroxyl groups excluding tert-OH is 3. The summed E-state index contributed by atoms with van der Waals surface area (Å²) in [5, 5.41) is 40.5. The maximum atomic E-state index is 13.6. The lowest BCUT2D eigenvalue weighted by Gasteiger charge is -2.31. The maximum absolute atomic E-state index is 13.6. The fourth-order valence-corrected chi connectivity index (χ4v) is 4.36. The molecular weight excluding hydrogens is 507 g/mol. The van der Waals surface area contributed by atoms with Gasteiger partial charge in [-0.2, -0.15) is 0 Å². The van der Waals surface area contributed by atoms with E-state index in [0.717, 1.165) is 6.42 Å². The number of aliphatic hydroxyl groups is 3. The minimum Gasteiger partial charge on any atom is -0.394 e. The van der Waals surface area contributed by atoms with Gasteiger partial charge in [-0.3, -0.25) is 0 Å². The quantitative estimate of drug-likeness (QED) is 0.0879. The number of rotatable bonds is 16. The molecule has 2 heterocycles. The standard InChI is InChI=1S/C28H43FN4O6/c1-5-7-21(32-28(37)33-24(19(4)29)12-18(2)3)8-6-11-38-23-9-10-30-26(14-23)25-13-20(15-31-25)27(36)39-17-22(35)16-34/h5,7,9-10,12,20,22-23,25-27,30-31,34-36H,1-2,4,6,8,11,13-17H2,3H3,(H2,32,33,37)/b21-7+,24-12+/t20-,22?,23-,25-,26+,27+/m1/s1. The minimum absolute atomic E-state index is 0.0564. The molecular formula is C28H43FN4O6. The van der Waals surface area contributed by atoms with Crippen LogP contribution in [-0.4, -0.2) is 78.3 Å². The highest BCUT2D eigenvalue weighted by atomic mass is 19.1. The van der Waals surface area contributed by atoms with Crippen molar-refractivity contribution in [1.29, 1.82) is 0 Å². The van der Waals surface area contributed by atoms with Gasteiger partial charge in [0, 0.05) is 36.9 Å². The van der Waals surface area contributed by atoms with Crippen molar-refractivity contribution in [3.05, 3.63) is 73.0 Å². The summed E-state index contributed by atoms with van der Waals surface area (Å²) in [6.07, 6.45) is 8.94. The Labute approximate surface area is 230 Å². The van der Waals surface area contributed by atoms with E-state index < -0.39 is 30.9 Å². The zero-order valence-electron chi connectivity index (χ0n) is 22.6. The number of hydrogen-bond acceptors (Lipinski definition) is 8. The van der Waals surface area contributed by atoms with Crippen molar-refractivity contribution >= 4 is 6.03 Å². The Kier molecular flexibility index (Phi) is 14.1. The first-order valence-electron chi connectivity index (χ1n) is 13.1. The molecule has 2 aliphatic heterocycles. The zero-order chi connectivity index (χ0) is 28.8. The molecule has 0 spiro atoms. The third-order valence-corrected chi connectivity index (χ3v) is 6.31. The molecule has 1 fully saturated rings. The SMILES string of the molecule is C=C/C=C(\CCCO[C@@H]1C=CN[C@H]([C@H]2C[C@@H]([C@@H](O)OCC(O)CO)CN2)C1)NC(=O)N/C(=C/C(=C)C)C(=C)F. The lowest BCUT2D eigenvalue weighted by Crippen LogP contribution is -2.47. The van der Waals surface area contributed by atoms with Gasteiger partial charge in [0.25, 0.3) is 0 Å². The van der Waals surface area contributed by atoms with Crippen LogP contribution >= 0.6 is 0 Å². The molecule has 2 amide bonds. The van der Waals surface area contributed by atoms with E-state index in [1.807, 2.05) is 12.3 Å². The predicted octanol–water partition coefficient (Wildman–Crippen LogP) is 2.01. The largest absolute Gasteiger partial charge is 0.394 e. The Morgan fingerprint density at radius 1 is 1.26 bits per heavy atom. The van der Waals surface area contributed by atoms with Crippen LogP contribution in [0, 0.1) is 5.92 Å². The van der Waals surface area contributed by atoms with Gasteiger partial charge >= 0.3 is 6.03 Å². The highest BCUT2D eigenvalue weighted by Crippen LogP contribution is 2.25. The van der Waals surface area contributed by atoms with Crippen molar-refractivity contribution in [1.82, 2.24) is 21.3 Å². The Hall–Kier alpha value is -2.80. The second kappa shape index (κ2) is 17.0. The summed E-state index contributed by atoms with van der Waals surface area (Å²) in [7, 11) is 0. The summed E-state index contributed by atoms with van der Waals surface area (Å²) >= 11 is 0. The molecule has 1 saturated heterocycles. The summed E-state index contributed by atoms with van der Waals surface area (Å²) in [4.78, 5) is 12.3. The Balaban J connectivity index is 1.75. The van der Waals surface area contributed by atoms with E-state index in [1.54, 1.807) is 19.1 Å². The monoisotopic (exact) mass is 550 g/mol. The number of nitrogens with one attached hydrogen (secondary N) is 4. The summed E-state index contributed by atoms with van der Waals surface area (Å²) in [5.74, 6) is -0.891. The molecule has 0 bridgehead atoms. The number of carbonyl (C=O) groups excluding carboxylic acids is 1. The van der Waals surface area contributed by atoms with Gasteiger partial charge in [-0.25, -0.2) is 9.18 Å². The molecule has 11 heteroatoms. The molecule has 10 nitrogen and oxygen atoms in total. The van der Waals surface area contributed by atoms with Crippen LogP contribution in [0.2, 0.25) is 0 Å². The Morgan fingerprint density at radius 2 is 2.03 bits per heavy atom. The van der Waals surface area contributed by atoms with Crippen molar-refractivity contribution < 1.29 is 34.0 Å². The Morgan fingerprint density at radius 3 is 2.69 bits per heavy atom. The second-order valence-corrected chi connectivity index (χ2v) is 9.77. The number of urea groups is 1. The molecule has 7 N–H and O–H groups in total. The van der Waals surface area contributed by atoms with Crippen LogP contribution in [0.1, 0.15) is 32.6 Å². The van der Waals surface area contributed by atoms with Gasteiger partial charge in [0.15, 0.2) is 6.29 Å². The van der Waals surface area contributed by atoms with Crippen LogP contribution in [0.15, 0.2) is 73.0 Å². The van der Waals surface area contributed by atoms with Crippen LogP contribution in [0.5, 0.6) is 0 Å². The van der Waals surface area contributed by atoms with Crippen LogP contribution in [-0.2, 0) is 9.47 Å². The molecule has 6 atom stereocenters. The van der Waals surface area contributed by atoms with Crippen molar-refractivity contribution in [2.75, 3.05) is 26.4 Å². The van der Waals surface area contributed by atoms with Crippen LogP contribution < -0.4 is 21.3 Å². The first kappa shape index (κ1) is 32.4. The van der Waals surface area contributed by atoms with Gasteiger partial charge in [-0.15, -0.1) is 0 Å². The minimum atomic E-state index is -1.02. The smallest absolute Gasteiger partial charge is 0.323 e. The molecule has 218 valence electrons. The van der Waals surface area contributed by atoms with Gasteiger partial charge in [0.1, 0.15) is 11.9 Å². The van der Waals surface area contributed by atoms with E-state index in [4.69, 9.17) is 14.6 Å². The molecule has 0 aromatic carbocycles. The molecule has 0 aromatic rings. The van der Waals surface area contributed by atoms with Crippen molar-refractivity contribution in [2.45, 2.75) is 63.2 Å². The van der Waals surface area contributed by atoms with E-state index >= 15 is 0 Å². The number of carbonyl (C=O) groups is 1. The van der Waals surface area contributed by atoms with E-state index in [2.05, 4.69) is 41.0 Å². The fourth-order valence-electron chi connectivity index (χ4n) is 4.36. The molecule has 0 saturated carbocycles. The first-order valence-corrected chi connectivity index (χ1v) is 13.1. The fraction of sp³-hybridized carbons (Fsp3) is 0.536. The highest BCUT2D eigenvalue weighted by molar-refractivity contribution is 5.78. The van der Waals surface area contributed by atoms with E-state index in [9.17, 15) is 19.4 Å². The first-order chi connectivity index (χ1) is 18.6. The van der Waals surface area contributed by atoms with Crippen LogP contribution in [0.25, 0.3) is 0 Å². The van der Waals surface area contributed by atoms with Gasteiger partial charge in [0.2, 0.25) is 0 Å². The summed E-state index contributed by atoms with van der Waals surface area (Å²) in [6.45, 7) is 12.8. The van der Waals surface area contributed by atoms with Crippen molar-refractivity contribution in [3.63, 3.8) is 0 Å². The molecule has 0 aromatic heterocycles. The lowest BCUT2D eigenvalue weighted by molar-refractivity contribution is -0.151. The average Bonchev–Trinajstić information content (AvgIpc) is 3.39. The van der Waals surface area contributed by atoms with Gasteiger partial charge in [-0.1, -0.05) is 31.4 Å². The van der Waals surface area contributed by atoms with Crippen LogP contribution in [0.4, 0.5) is 9.18 Å².